The lowest BCUT2D eigenvalue weighted by atomic mass is 10.1. The van der Waals surface area contributed by atoms with Crippen molar-refractivity contribution in [3.63, 3.8) is 0 Å². The van der Waals surface area contributed by atoms with Crippen LogP contribution < -0.4 is 4.90 Å². The number of hydrogen-bond donors (Lipinski definition) is 0. The van der Waals surface area contributed by atoms with Gasteiger partial charge in [0.2, 0.25) is 0 Å². The van der Waals surface area contributed by atoms with Crippen molar-refractivity contribution in [2.24, 2.45) is 5.92 Å². The Morgan fingerprint density at radius 1 is 1.53 bits per heavy atom. The van der Waals surface area contributed by atoms with Crippen LogP contribution in [0.1, 0.15) is 5.69 Å². The molecule has 5 heteroatoms. The molecule has 0 aliphatic carbocycles. The molecule has 0 saturated carbocycles. The van der Waals surface area contributed by atoms with Crippen molar-refractivity contribution in [1.82, 2.24) is 9.88 Å². The molecule has 0 aromatic carbocycles. The largest absolute Gasteiger partial charge is 0.379 e. The van der Waals surface area contributed by atoms with Gasteiger partial charge in [-0.25, -0.2) is 4.98 Å². The van der Waals surface area contributed by atoms with Crippen LogP contribution in [0.2, 0.25) is 0 Å². The number of ether oxygens (including phenoxy) is 1. The molecule has 5 nitrogen and oxygen atoms in total. The number of pyridine rings is 1. The minimum atomic E-state index is 0.463. The third-order valence-corrected chi connectivity index (χ3v) is 3.13. The summed E-state index contributed by atoms with van der Waals surface area (Å²) in [6, 6.07) is 7.66. The third kappa shape index (κ3) is 3.91. The normalized spacial score (nSPS) is 20.1. The minimum Gasteiger partial charge on any atom is -0.379 e. The Kier molecular flexibility index (Phi) is 4.72. The van der Waals surface area contributed by atoms with E-state index in [2.05, 4.69) is 34.9 Å². The standard InChI is InChI=1S/C14H20N4O/c1-17(2)9-12-10-18(6-7-19-11-12)14-5-3-4-13(8-15)16-14/h3-5,12H,6-7,9-11H2,1-2H3/t12-/m1/s1. The second-order valence-corrected chi connectivity index (χ2v) is 5.14. The van der Waals surface area contributed by atoms with Gasteiger partial charge in [0.05, 0.1) is 13.2 Å². The number of nitrogens with zero attached hydrogens (tertiary/aromatic N) is 4. The second kappa shape index (κ2) is 6.50. The average Bonchev–Trinajstić information content (AvgIpc) is 2.64. The van der Waals surface area contributed by atoms with E-state index >= 15 is 0 Å². The van der Waals surface area contributed by atoms with Gasteiger partial charge in [0.15, 0.2) is 0 Å². The van der Waals surface area contributed by atoms with Crippen LogP contribution >= 0.6 is 0 Å². The average molecular weight is 260 g/mol. The van der Waals surface area contributed by atoms with Gasteiger partial charge in [-0.15, -0.1) is 0 Å². The first-order chi connectivity index (χ1) is 9.19. The highest BCUT2D eigenvalue weighted by Gasteiger charge is 2.20. The Balaban J connectivity index is 2.11. The van der Waals surface area contributed by atoms with Crippen molar-refractivity contribution in [3.8, 4) is 6.07 Å². The summed E-state index contributed by atoms with van der Waals surface area (Å²) in [6.45, 7) is 4.23. The lowest BCUT2D eigenvalue weighted by Crippen LogP contribution is -2.35. The van der Waals surface area contributed by atoms with Crippen molar-refractivity contribution in [2.75, 3.05) is 51.8 Å². The van der Waals surface area contributed by atoms with Gasteiger partial charge in [-0.3, -0.25) is 0 Å². The lowest BCUT2D eigenvalue weighted by Gasteiger charge is -2.26. The van der Waals surface area contributed by atoms with E-state index in [0.717, 1.165) is 32.1 Å². The van der Waals surface area contributed by atoms with Crippen LogP contribution in [0.15, 0.2) is 18.2 Å². The summed E-state index contributed by atoms with van der Waals surface area (Å²) >= 11 is 0. The SMILES string of the molecule is CN(C)C[C@H]1COCCN(c2cccc(C#N)n2)C1. The molecular formula is C14H20N4O. The predicted octanol–water partition coefficient (Wildman–Crippen LogP) is 0.968. The van der Waals surface area contributed by atoms with Gasteiger partial charge in [0.25, 0.3) is 0 Å². The molecule has 0 amide bonds. The summed E-state index contributed by atoms with van der Waals surface area (Å²) in [4.78, 5) is 8.75. The Hall–Kier alpha value is -1.64. The van der Waals surface area contributed by atoms with E-state index in [4.69, 9.17) is 10.00 Å². The van der Waals surface area contributed by atoms with Crippen molar-refractivity contribution < 1.29 is 4.74 Å². The van der Waals surface area contributed by atoms with E-state index in [1.165, 1.54) is 0 Å². The van der Waals surface area contributed by atoms with Gasteiger partial charge >= 0.3 is 0 Å². The molecular weight excluding hydrogens is 240 g/mol. The molecule has 1 atom stereocenters. The highest BCUT2D eigenvalue weighted by atomic mass is 16.5. The number of aromatic nitrogens is 1. The predicted molar refractivity (Wildman–Crippen MR) is 74.0 cm³/mol. The molecule has 0 unspecified atom stereocenters. The number of anilines is 1. The topological polar surface area (TPSA) is 52.4 Å². The summed E-state index contributed by atoms with van der Waals surface area (Å²) in [6.07, 6.45) is 0. The zero-order chi connectivity index (χ0) is 13.7. The van der Waals surface area contributed by atoms with Gasteiger partial charge in [-0.2, -0.15) is 5.26 Å². The molecule has 0 N–H and O–H groups in total. The molecule has 1 aliphatic rings. The van der Waals surface area contributed by atoms with Crippen molar-refractivity contribution in [3.05, 3.63) is 23.9 Å². The van der Waals surface area contributed by atoms with Crippen LogP contribution in [0, 0.1) is 17.2 Å². The van der Waals surface area contributed by atoms with Crippen molar-refractivity contribution in [1.29, 1.82) is 5.26 Å². The zero-order valence-corrected chi connectivity index (χ0v) is 11.5. The maximum atomic E-state index is 8.92. The molecule has 0 radical (unpaired) electrons. The summed E-state index contributed by atoms with van der Waals surface area (Å²) in [7, 11) is 4.15. The molecule has 2 heterocycles. The van der Waals surface area contributed by atoms with Gasteiger partial charge in [-0.05, 0) is 26.2 Å². The number of nitriles is 1. The number of hydrogen-bond acceptors (Lipinski definition) is 5. The Morgan fingerprint density at radius 3 is 3.11 bits per heavy atom. The summed E-state index contributed by atoms with van der Waals surface area (Å²) < 4.78 is 5.66. The van der Waals surface area contributed by atoms with Gasteiger partial charge in [0, 0.05) is 25.6 Å². The Morgan fingerprint density at radius 2 is 2.37 bits per heavy atom. The molecule has 1 fully saturated rings. The first-order valence-corrected chi connectivity index (χ1v) is 6.53. The van der Waals surface area contributed by atoms with E-state index in [1.807, 2.05) is 12.1 Å². The Bertz CT molecular complexity index is 455. The third-order valence-electron chi connectivity index (χ3n) is 3.13. The lowest BCUT2D eigenvalue weighted by molar-refractivity contribution is 0.113. The molecule has 1 aromatic rings. The first kappa shape index (κ1) is 13.8. The monoisotopic (exact) mass is 260 g/mol. The maximum absolute atomic E-state index is 8.92. The van der Waals surface area contributed by atoms with E-state index < -0.39 is 0 Å². The van der Waals surface area contributed by atoms with E-state index in [1.54, 1.807) is 6.07 Å². The minimum absolute atomic E-state index is 0.463. The van der Waals surface area contributed by atoms with Crippen LogP contribution in [-0.4, -0.2) is 56.8 Å². The molecule has 19 heavy (non-hydrogen) atoms. The number of rotatable bonds is 3. The van der Waals surface area contributed by atoms with E-state index in [-0.39, 0.29) is 0 Å². The summed E-state index contributed by atoms with van der Waals surface area (Å²) in [5, 5.41) is 8.92. The highest BCUT2D eigenvalue weighted by Crippen LogP contribution is 2.16. The highest BCUT2D eigenvalue weighted by molar-refractivity contribution is 5.41. The van der Waals surface area contributed by atoms with Crippen molar-refractivity contribution >= 4 is 5.82 Å². The second-order valence-electron chi connectivity index (χ2n) is 5.14. The molecule has 0 bridgehead atoms. The molecule has 0 spiro atoms. The van der Waals surface area contributed by atoms with Crippen LogP contribution in [0.5, 0.6) is 0 Å². The van der Waals surface area contributed by atoms with Crippen LogP contribution in [0.25, 0.3) is 0 Å². The van der Waals surface area contributed by atoms with Crippen LogP contribution in [0.3, 0.4) is 0 Å². The van der Waals surface area contributed by atoms with Gasteiger partial charge in [0.1, 0.15) is 17.6 Å². The van der Waals surface area contributed by atoms with Gasteiger partial charge in [-0.1, -0.05) is 6.07 Å². The van der Waals surface area contributed by atoms with E-state index in [0.29, 0.717) is 18.2 Å². The van der Waals surface area contributed by atoms with Crippen LogP contribution in [0.4, 0.5) is 5.82 Å². The summed E-state index contributed by atoms with van der Waals surface area (Å²) in [5.41, 5.74) is 0.465. The maximum Gasteiger partial charge on any atom is 0.142 e. The quantitative estimate of drug-likeness (QED) is 0.810. The summed E-state index contributed by atoms with van der Waals surface area (Å²) in [5.74, 6) is 1.33. The fourth-order valence-electron chi connectivity index (χ4n) is 2.38. The fourth-order valence-corrected chi connectivity index (χ4v) is 2.38. The molecule has 1 aromatic heterocycles. The van der Waals surface area contributed by atoms with Crippen LogP contribution in [-0.2, 0) is 4.74 Å². The molecule has 102 valence electrons. The first-order valence-electron chi connectivity index (χ1n) is 6.53. The van der Waals surface area contributed by atoms with Gasteiger partial charge < -0.3 is 14.5 Å². The zero-order valence-electron chi connectivity index (χ0n) is 11.5. The Labute approximate surface area is 114 Å². The fraction of sp³-hybridized carbons (Fsp3) is 0.571. The molecule has 2 rings (SSSR count). The van der Waals surface area contributed by atoms with E-state index in [9.17, 15) is 0 Å². The smallest absolute Gasteiger partial charge is 0.142 e. The van der Waals surface area contributed by atoms with Crippen molar-refractivity contribution in [2.45, 2.75) is 0 Å². The molecule has 1 aliphatic heterocycles. The molecule has 1 saturated heterocycles.